The summed E-state index contributed by atoms with van der Waals surface area (Å²) in [6.07, 6.45) is 6.38. The average Bonchev–Trinajstić information content (AvgIpc) is 3.58. The third-order valence-electron chi connectivity index (χ3n) is 8.02. The van der Waals surface area contributed by atoms with Crippen LogP contribution in [0.2, 0.25) is 0 Å². The molecule has 2 heterocycles. The second-order valence-corrected chi connectivity index (χ2v) is 11.1. The highest BCUT2D eigenvalue weighted by atomic mass is 16.3. The molecule has 1 aliphatic heterocycles. The van der Waals surface area contributed by atoms with Crippen molar-refractivity contribution in [2.24, 2.45) is 10.9 Å². The standard InChI is InChI=1S/C33H31NO/c1-19(2)14-22-12-13-29-31-25(22)17-23(21-8-4-5-9-21)18-27(31)32(34-29)28-16-20(3)15-26-24-10-6-7-11-30(24)35-33(26)28/h6-7,10-13,15-19,21H,4-5,8-9,14H2,1-3H3. The lowest BCUT2D eigenvalue weighted by atomic mass is 9.87. The molecule has 174 valence electrons. The molecular weight excluding hydrogens is 426 g/mol. The third kappa shape index (κ3) is 3.26. The largest absolute Gasteiger partial charge is 0.455 e. The molecule has 1 saturated carbocycles. The highest BCUT2D eigenvalue weighted by Gasteiger charge is 2.27. The van der Waals surface area contributed by atoms with Crippen LogP contribution >= 0.6 is 0 Å². The molecule has 0 bridgehead atoms. The van der Waals surface area contributed by atoms with Gasteiger partial charge in [0.1, 0.15) is 11.2 Å². The zero-order valence-electron chi connectivity index (χ0n) is 20.8. The van der Waals surface area contributed by atoms with Gasteiger partial charge in [-0.1, -0.05) is 57.0 Å². The molecule has 0 spiro atoms. The number of para-hydroxylation sites is 1. The Morgan fingerprint density at radius 2 is 1.71 bits per heavy atom. The van der Waals surface area contributed by atoms with Gasteiger partial charge in [-0.25, -0.2) is 4.99 Å². The SMILES string of the molecule is Cc1cc(C2=Nc3ccc(CC(C)C)c4cc(C5CCCC5)cc2c34)c2oc3ccccc3c2c1. The van der Waals surface area contributed by atoms with Crippen LogP contribution < -0.4 is 0 Å². The van der Waals surface area contributed by atoms with Crippen LogP contribution in [-0.2, 0) is 6.42 Å². The van der Waals surface area contributed by atoms with Crippen LogP contribution in [0.15, 0.2) is 70.1 Å². The third-order valence-corrected chi connectivity index (χ3v) is 8.02. The van der Waals surface area contributed by atoms with Gasteiger partial charge in [-0.3, -0.25) is 0 Å². The predicted molar refractivity (Wildman–Crippen MR) is 147 cm³/mol. The highest BCUT2D eigenvalue weighted by Crippen LogP contribution is 2.45. The van der Waals surface area contributed by atoms with Gasteiger partial charge in [-0.05, 0) is 90.4 Å². The molecule has 2 aliphatic rings. The molecule has 0 saturated heterocycles. The minimum Gasteiger partial charge on any atom is -0.455 e. The summed E-state index contributed by atoms with van der Waals surface area (Å²) < 4.78 is 6.47. The van der Waals surface area contributed by atoms with Crippen molar-refractivity contribution >= 4 is 44.1 Å². The van der Waals surface area contributed by atoms with Gasteiger partial charge in [0, 0.05) is 27.3 Å². The topological polar surface area (TPSA) is 25.5 Å². The van der Waals surface area contributed by atoms with E-state index in [0.717, 1.165) is 34.5 Å². The van der Waals surface area contributed by atoms with Crippen LogP contribution in [0.4, 0.5) is 5.69 Å². The number of benzene rings is 4. The molecule has 2 nitrogen and oxygen atoms in total. The number of hydrogen-bond donors (Lipinski definition) is 0. The predicted octanol–water partition coefficient (Wildman–Crippen LogP) is 9.39. The van der Waals surface area contributed by atoms with E-state index in [1.54, 1.807) is 0 Å². The molecule has 0 amide bonds. The molecule has 1 fully saturated rings. The molecular formula is C33H31NO. The number of rotatable bonds is 4. The Hall–Kier alpha value is -3.39. The lowest BCUT2D eigenvalue weighted by Crippen LogP contribution is -2.04. The fraction of sp³-hybridized carbons (Fsp3) is 0.303. The summed E-state index contributed by atoms with van der Waals surface area (Å²) in [6, 6.07) is 22.4. The van der Waals surface area contributed by atoms with Crippen molar-refractivity contribution in [3.05, 3.63) is 88.5 Å². The van der Waals surface area contributed by atoms with Crippen molar-refractivity contribution in [2.75, 3.05) is 0 Å². The summed E-state index contributed by atoms with van der Waals surface area (Å²) in [5.74, 6) is 1.28. The number of hydrogen-bond acceptors (Lipinski definition) is 2. The Balaban J connectivity index is 1.51. The van der Waals surface area contributed by atoms with Crippen LogP contribution in [0.1, 0.15) is 73.3 Å². The van der Waals surface area contributed by atoms with E-state index in [-0.39, 0.29) is 0 Å². The second kappa shape index (κ2) is 7.81. The number of aryl methyl sites for hydroxylation is 1. The molecule has 0 radical (unpaired) electrons. The smallest absolute Gasteiger partial charge is 0.144 e. The van der Waals surface area contributed by atoms with E-state index in [4.69, 9.17) is 9.41 Å². The highest BCUT2D eigenvalue weighted by molar-refractivity contribution is 6.30. The zero-order valence-corrected chi connectivity index (χ0v) is 20.8. The van der Waals surface area contributed by atoms with Crippen LogP contribution in [0.25, 0.3) is 32.7 Å². The van der Waals surface area contributed by atoms with Crippen LogP contribution in [0.3, 0.4) is 0 Å². The summed E-state index contributed by atoms with van der Waals surface area (Å²) in [5.41, 5.74) is 10.6. The molecule has 2 heteroatoms. The first kappa shape index (κ1) is 20.9. The summed E-state index contributed by atoms with van der Waals surface area (Å²) in [5, 5.41) is 5.08. The molecule has 0 atom stereocenters. The van der Waals surface area contributed by atoms with Crippen molar-refractivity contribution in [3.8, 4) is 0 Å². The van der Waals surface area contributed by atoms with Crippen LogP contribution in [-0.4, -0.2) is 5.71 Å². The maximum Gasteiger partial charge on any atom is 0.144 e. The van der Waals surface area contributed by atoms with Gasteiger partial charge in [0.05, 0.1) is 11.4 Å². The minimum atomic E-state index is 0.621. The van der Waals surface area contributed by atoms with Gasteiger partial charge < -0.3 is 4.42 Å². The maximum absolute atomic E-state index is 6.47. The normalized spacial score (nSPS) is 15.8. The Kier molecular flexibility index (Phi) is 4.67. The van der Waals surface area contributed by atoms with Crippen LogP contribution in [0, 0.1) is 12.8 Å². The van der Waals surface area contributed by atoms with Gasteiger partial charge in [0.2, 0.25) is 0 Å². The lowest BCUT2D eigenvalue weighted by molar-refractivity contribution is 0.650. The molecule has 1 aliphatic carbocycles. The summed E-state index contributed by atoms with van der Waals surface area (Å²) in [4.78, 5) is 5.27. The van der Waals surface area contributed by atoms with Crippen molar-refractivity contribution < 1.29 is 4.42 Å². The molecule has 0 unspecified atom stereocenters. The fourth-order valence-corrected chi connectivity index (χ4v) is 6.47. The Morgan fingerprint density at radius 3 is 2.54 bits per heavy atom. The summed E-state index contributed by atoms with van der Waals surface area (Å²) in [6.45, 7) is 6.81. The monoisotopic (exact) mass is 457 g/mol. The Bertz CT molecular complexity index is 1660. The van der Waals surface area contributed by atoms with E-state index in [1.807, 2.05) is 6.07 Å². The first-order valence-corrected chi connectivity index (χ1v) is 13.2. The summed E-state index contributed by atoms with van der Waals surface area (Å²) in [7, 11) is 0. The van der Waals surface area contributed by atoms with Crippen molar-refractivity contribution in [1.82, 2.24) is 0 Å². The zero-order chi connectivity index (χ0) is 23.7. The van der Waals surface area contributed by atoms with Gasteiger partial charge >= 0.3 is 0 Å². The molecule has 35 heavy (non-hydrogen) atoms. The number of fused-ring (bicyclic) bond motifs is 3. The summed E-state index contributed by atoms with van der Waals surface area (Å²) >= 11 is 0. The van der Waals surface area contributed by atoms with E-state index in [2.05, 4.69) is 75.4 Å². The van der Waals surface area contributed by atoms with E-state index < -0.39 is 0 Å². The Morgan fingerprint density at radius 1 is 0.886 bits per heavy atom. The second-order valence-electron chi connectivity index (χ2n) is 11.1. The van der Waals surface area contributed by atoms with Crippen LogP contribution in [0.5, 0.6) is 0 Å². The van der Waals surface area contributed by atoms with Gasteiger partial charge in [-0.2, -0.15) is 0 Å². The lowest BCUT2D eigenvalue weighted by Gasteiger charge is -2.16. The number of furan rings is 1. The Labute approximate surface area is 206 Å². The number of aliphatic imine (C=N–C) groups is 1. The maximum atomic E-state index is 6.47. The first-order valence-electron chi connectivity index (χ1n) is 13.2. The van der Waals surface area contributed by atoms with Crippen molar-refractivity contribution in [1.29, 1.82) is 0 Å². The molecule has 5 aromatic rings. The van der Waals surface area contributed by atoms with Gasteiger partial charge in [-0.15, -0.1) is 0 Å². The van der Waals surface area contributed by atoms with Crippen molar-refractivity contribution in [3.63, 3.8) is 0 Å². The van der Waals surface area contributed by atoms with E-state index in [9.17, 15) is 0 Å². The van der Waals surface area contributed by atoms with Gasteiger partial charge in [0.25, 0.3) is 0 Å². The molecule has 0 N–H and O–H groups in total. The minimum absolute atomic E-state index is 0.621. The molecule has 4 aromatic carbocycles. The fourth-order valence-electron chi connectivity index (χ4n) is 6.47. The number of nitrogens with zero attached hydrogens (tertiary/aromatic N) is 1. The van der Waals surface area contributed by atoms with Gasteiger partial charge in [0.15, 0.2) is 0 Å². The average molecular weight is 458 g/mol. The van der Waals surface area contributed by atoms with E-state index in [0.29, 0.717) is 11.8 Å². The van der Waals surface area contributed by atoms with E-state index >= 15 is 0 Å². The molecule has 7 rings (SSSR count). The molecule has 1 aromatic heterocycles. The van der Waals surface area contributed by atoms with Crippen molar-refractivity contribution in [2.45, 2.75) is 58.8 Å². The quantitative estimate of drug-likeness (QED) is 0.259. The van der Waals surface area contributed by atoms with E-state index in [1.165, 1.54) is 69.5 Å². The first-order chi connectivity index (χ1) is 17.1.